The summed E-state index contributed by atoms with van der Waals surface area (Å²) in [6.45, 7) is 9.88. The van der Waals surface area contributed by atoms with Crippen LogP contribution >= 0.6 is 0 Å². The molecule has 2 saturated heterocycles. The quantitative estimate of drug-likeness (QED) is 0.222. The number of carbonyl (C=O) groups excluding carboxylic acids is 3. The van der Waals surface area contributed by atoms with Crippen LogP contribution in [-0.2, 0) is 42.8 Å². The standard InChI is InChI=1S/C14H22O5.C9H16O4.C5H8O2/c1-2-16-12(15)10-6-3-4-8-14(10)18-11-7-5-9-17-13(11)19-14;1-2-13-8(10)7-5-3-4-6-9(7,11)12;1-4(2)5(6)7-3/h10-11,13H,2-9H2,1H3;7,11-12H,2-6H2,1H3;1H2,2-3H3. The summed E-state index contributed by atoms with van der Waals surface area (Å²) in [5.41, 5.74) is 0.433. The largest absolute Gasteiger partial charge is 0.466 e. The normalized spacial score (nSPS) is 30.8. The lowest BCUT2D eigenvalue weighted by Crippen LogP contribution is -2.47. The Morgan fingerprint density at radius 3 is 1.97 bits per heavy atom. The minimum atomic E-state index is -1.86. The van der Waals surface area contributed by atoms with Crippen molar-refractivity contribution in [2.24, 2.45) is 11.8 Å². The number of fused-ring (bicyclic) bond motifs is 1. The first-order valence-corrected chi connectivity index (χ1v) is 14.0. The number of aliphatic hydroxyl groups is 2. The van der Waals surface area contributed by atoms with E-state index in [9.17, 15) is 24.6 Å². The molecule has 2 aliphatic heterocycles. The number of methoxy groups -OCH3 is 1. The third kappa shape index (κ3) is 9.24. The van der Waals surface area contributed by atoms with Gasteiger partial charge < -0.3 is 38.6 Å². The molecule has 2 heterocycles. The van der Waals surface area contributed by atoms with Gasteiger partial charge in [-0.3, -0.25) is 9.59 Å². The predicted octanol–water partition coefficient (Wildman–Crippen LogP) is 3.14. The van der Waals surface area contributed by atoms with Crippen molar-refractivity contribution in [3.63, 3.8) is 0 Å². The van der Waals surface area contributed by atoms with Gasteiger partial charge in [0, 0.05) is 25.0 Å². The highest BCUT2D eigenvalue weighted by molar-refractivity contribution is 5.86. The second-order valence-corrected chi connectivity index (χ2v) is 10.2. The summed E-state index contributed by atoms with van der Waals surface area (Å²) < 4.78 is 32.0. The van der Waals surface area contributed by atoms with E-state index in [1.807, 2.05) is 6.92 Å². The summed E-state index contributed by atoms with van der Waals surface area (Å²) >= 11 is 0. The molecule has 39 heavy (non-hydrogen) atoms. The van der Waals surface area contributed by atoms with Gasteiger partial charge in [0.2, 0.25) is 0 Å². The van der Waals surface area contributed by atoms with Crippen LogP contribution in [0.15, 0.2) is 12.2 Å². The highest BCUT2D eigenvalue weighted by atomic mass is 16.8. The molecular formula is C28H46O11. The van der Waals surface area contributed by atoms with Crippen LogP contribution in [0.4, 0.5) is 0 Å². The first-order valence-electron chi connectivity index (χ1n) is 14.0. The molecule has 2 N–H and O–H groups in total. The Morgan fingerprint density at radius 2 is 1.46 bits per heavy atom. The topological polar surface area (TPSA) is 147 Å². The Labute approximate surface area is 231 Å². The molecule has 224 valence electrons. The van der Waals surface area contributed by atoms with E-state index in [-0.39, 0.29) is 43.3 Å². The van der Waals surface area contributed by atoms with E-state index in [1.54, 1.807) is 13.8 Å². The van der Waals surface area contributed by atoms with Crippen molar-refractivity contribution in [3.8, 4) is 0 Å². The second kappa shape index (κ2) is 15.7. The lowest BCUT2D eigenvalue weighted by atomic mass is 9.83. The van der Waals surface area contributed by atoms with Gasteiger partial charge in [-0.2, -0.15) is 0 Å². The summed E-state index contributed by atoms with van der Waals surface area (Å²) in [5, 5.41) is 19.0. The maximum Gasteiger partial charge on any atom is 0.332 e. The Hall–Kier alpha value is -2.05. The summed E-state index contributed by atoms with van der Waals surface area (Å²) in [5.74, 6) is -4.76. The van der Waals surface area contributed by atoms with Gasteiger partial charge in [-0.1, -0.05) is 19.4 Å². The third-order valence-electron chi connectivity index (χ3n) is 7.21. The highest BCUT2D eigenvalue weighted by Crippen LogP contribution is 2.46. The van der Waals surface area contributed by atoms with Crippen LogP contribution in [0.5, 0.6) is 0 Å². The van der Waals surface area contributed by atoms with Gasteiger partial charge in [-0.15, -0.1) is 0 Å². The molecule has 0 aromatic rings. The average Bonchev–Trinajstić information content (AvgIpc) is 3.27. The number of carbonyl (C=O) groups is 3. The zero-order chi connectivity index (χ0) is 29.1. The molecule has 11 nitrogen and oxygen atoms in total. The number of hydrogen-bond donors (Lipinski definition) is 2. The molecule has 0 radical (unpaired) electrons. The zero-order valence-corrected chi connectivity index (χ0v) is 23.8. The average molecular weight is 559 g/mol. The van der Waals surface area contributed by atoms with Gasteiger partial charge in [-0.05, 0) is 59.3 Å². The maximum absolute atomic E-state index is 12.1. The SMILES string of the molecule is C=C(C)C(=O)OC.CCOC(=O)C1CCCCC1(O)O.CCOC(=O)C1CCCCC12OC1CCCOC1O2. The molecule has 4 fully saturated rings. The van der Waals surface area contributed by atoms with Crippen molar-refractivity contribution in [2.45, 2.75) is 109 Å². The van der Waals surface area contributed by atoms with Gasteiger partial charge in [0.25, 0.3) is 0 Å². The molecule has 0 amide bonds. The fraction of sp³-hybridized carbons (Fsp3) is 0.821. The first kappa shape index (κ1) is 33.2. The van der Waals surface area contributed by atoms with Crippen molar-refractivity contribution >= 4 is 17.9 Å². The van der Waals surface area contributed by atoms with Gasteiger partial charge in [0.1, 0.15) is 17.9 Å². The van der Waals surface area contributed by atoms with Gasteiger partial charge >= 0.3 is 17.9 Å². The lowest BCUT2D eigenvalue weighted by molar-refractivity contribution is -0.252. The Kier molecular flexibility index (Phi) is 13.3. The molecule has 0 aromatic carbocycles. The number of rotatable bonds is 5. The molecule has 5 unspecified atom stereocenters. The Balaban J connectivity index is 0.000000232. The van der Waals surface area contributed by atoms with E-state index in [2.05, 4.69) is 11.3 Å². The van der Waals surface area contributed by atoms with Gasteiger partial charge in [-0.25, -0.2) is 4.79 Å². The summed E-state index contributed by atoms with van der Waals surface area (Å²) in [7, 11) is 1.33. The van der Waals surface area contributed by atoms with Gasteiger partial charge in [0.05, 0.1) is 20.3 Å². The fourth-order valence-corrected chi connectivity index (χ4v) is 5.23. The van der Waals surface area contributed by atoms with E-state index in [4.69, 9.17) is 23.7 Å². The minimum Gasteiger partial charge on any atom is -0.466 e. The van der Waals surface area contributed by atoms with Crippen molar-refractivity contribution in [2.75, 3.05) is 26.9 Å². The van der Waals surface area contributed by atoms with E-state index in [1.165, 1.54) is 7.11 Å². The minimum absolute atomic E-state index is 0.0243. The van der Waals surface area contributed by atoms with Gasteiger partial charge in [0.15, 0.2) is 17.9 Å². The third-order valence-corrected chi connectivity index (χ3v) is 7.21. The second-order valence-electron chi connectivity index (χ2n) is 10.2. The Bertz CT molecular complexity index is 810. The maximum atomic E-state index is 12.1. The van der Waals surface area contributed by atoms with Crippen LogP contribution in [0.1, 0.15) is 85.0 Å². The van der Waals surface area contributed by atoms with E-state index < -0.39 is 23.5 Å². The van der Waals surface area contributed by atoms with Crippen molar-refractivity contribution in [1.29, 1.82) is 0 Å². The molecule has 11 heteroatoms. The molecule has 1 spiro atoms. The molecule has 2 saturated carbocycles. The summed E-state index contributed by atoms with van der Waals surface area (Å²) in [6, 6.07) is 0. The zero-order valence-electron chi connectivity index (χ0n) is 23.8. The summed E-state index contributed by atoms with van der Waals surface area (Å²) in [4.78, 5) is 33.6. The predicted molar refractivity (Wildman–Crippen MR) is 139 cm³/mol. The monoisotopic (exact) mass is 558 g/mol. The first-order chi connectivity index (χ1) is 18.5. The van der Waals surface area contributed by atoms with Crippen molar-refractivity contribution in [1.82, 2.24) is 0 Å². The molecule has 0 bridgehead atoms. The van der Waals surface area contributed by atoms with Crippen LogP contribution < -0.4 is 0 Å². The van der Waals surface area contributed by atoms with Crippen molar-refractivity contribution < 1.29 is 53.0 Å². The molecular weight excluding hydrogens is 512 g/mol. The van der Waals surface area contributed by atoms with E-state index in [0.29, 0.717) is 25.2 Å². The van der Waals surface area contributed by atoms with Crippen LogP contribution in [0, 0.1) is 11.8 Å². The molecule has 4 rings (SSSR count). The number of esters is 3. The van der Waals surface area contributed by atoms with E-state index >= 15 is 0 Å². The Morgan fingerprint density at radius 1 is 0.872 bits per heavy atom. The van der Waals surface area contributed by atoms with Crippen molar-refractivity contribution in [3.05, 3.63) is 12.2 Å². The van der Waals surface area contributed by atoms with Crippen LogP contribution in [0.3, 0.4) is 0 Å². The molecule has 0 aromatic heterocycles. The smallest absolute Gasteiger partial charge is 0.332 e. The van der Waals surface area contributed by atoms with Crippen LogP contribution in [0.2, 0.25) is 0 Å². The lowest BCUT2D eigenvalue weighted by Gasteiger charge is -2.37. The van der Waals surface area contributed by atoms with Crippen LogP contribution in [-0.4, -0.2) is 79.0 Å². The molecule has 2 aliphatic carbocycles. The fourth-order valence-electron chi connectivity index (χ4n) is 5.23. The van der Waals surface area contributed by atoms with E-state index in [0.717, 1.165) is 51.4 Å². The molecule has 4 aliphatic rings. The number of hydrogen-bond acceptors (Lipinski definition) is 11. The molecule has 5 atom stereocenters. The summed E-state index contributed by atoms with van der Waals surface area (Å²) in [6.07, 6.45) is 7.56. The highest BCUT2D eigenvalue weighted by Gasteiger charge is 2.57. The number of ether oxygens (including phenoxy) is 6. The van der Waals surface area contributed by atoms with Crippen LogP contribution in [0.25, 0.3) is 0 Å².